The highest BCUT2D eigenvalue weighted by Gasteiger charge is 2.23. The van der Waals surface area contributed by atoms with Crippen molar-refractivity contribution in [2.45, 2.75) is 6.92 Å². The number of hydrogen-bond acceptors (Lipinski definition) is 4. The summed E-state index contributed by atoms with van der Waals surface area (Å²) in [5.41, 5.74) is 11.1. The van der Waals surface area contributed by atoms with Crippen LogP contribution in [0.4, 0.5) is 11.4 Å². The Hall–Kier alpha value is -2.46. The van der Waals surface area contributed by atoms with Crippen molar-refractivity contribution in [2.75, 3.05) is 18.0 Å². The maximum Gasteiger partial charge on any atom is 0.0795 e. The van der Waals surface area contributed by atoms with Crippen LogP contribution in [-0.2, 0) is 0 Å². The molecular weight excluding hydrogens is 260 g/mol. The summed E-state index contributed by atoms with van der Waals surface area (Å²) in [6, 6.07) is 18.6. The summed E-state index contributed by atoms with van der Waals surface area (Å²) in [5, 5.41) is 1.75. The summed E-state index contributed by atoms with van der Waals surface area (Å²) in [4.78, 5) is 2.28. The third-order valence-corrected chi connectivity index (χ3v) is 3.74. The molecule has 0 unspecified atom stereocenters. The minimum absolute atomic E-state index is 0.716. The van der Waals surface area contributed by atoms with E-state index in [1.807, 2.05) is 37.3 Å². The monoisotopic (exact) mass is 280 g/mol. The van der Waals surface area contributed by atoms with Crippen LogP contribution in [0.2, 0.25) is 0 Å². The second kappa shape index (κ2) is 5.50. The molecule has 108 valence electrons. The van der Waals surface area contributed by atoms with E-state index in [-0.39, 0.29) is 0 Å². The number of nitrogens with two attached hydrogens (primary N) is 2. The van der Waals surface area contributed by atoms with Crippen LogP contribution >= 0.6 is 0 Å². The molecule has 0 aromatic heterocycles. The number of allylic oxidation sites excluding steroid dienone is 1. The Morgan fingerprint density at radius 1 is 0.952 bits per heavy atom. The van der Waals surface area contributed by atoms with Crippen molar-refractivity contribution in [3.05, 3.63) is 65.9 Å². The molecule has 0 saturated heterocycles. The predicted molar refractivity (Wildman–Crippen MR) is 87.6 cm³/mol. The van der Waals surface area contributed by atoms with Gasteiger partial charge in [-0.3, -0.25) is 0 Å². The fourth-order valence-electron chi connectivity index (χ4n) is 2.82. The molecule has 1 heterocycles. The van der Waals surface area contributed by atoms with Crippen LogP contribution in [0, 0.1) is 0 Å². The molecule has 2 aromatic rings. The van der Waals surface area contributed by atoms with Gasteiger partial charge >= 0.3 is 0 Å². The molecule has 0 amide bonds. The molecule has 0 aliphatic carbocycles. The molecule has 0 fully saturated rings. The van der Waals surface area contributed by atoms with Crippen molar-refractivity contribution in [1.29, 1.82) is 0 Å². The molecule has 1 aliphatic rings. The quantitative estimate of drug-likeness (QED) is 0.789. The Balaban J connectivity index is 2.18. The van der Waals surface area contributed by atoms with Gasteiger partial charge in [-0.2, -0.15) is 0 Å². The molecule has 4 heteroatoms. The van der Waals surface area contributed by atoms with E-state index in [2.05, 4.69) is 29.2 Å². The second-order valence-electron chi connectivity index (χ2n) is 5.23. The van der Waals surface area contributed by atoms with Gasteiger partial charge in [-0.05, 0) is 25.1 Å². The van der Waals surface area contributed by atoms with Crippen LogP contribution in [-0.4, -0.2) is 18.1 Å². The average Bonchev–Trinajstić information content (AvgIpc) is 2.64. The Bertz CT molecular complexity index is 660. The number of hydrogen-bond donors (Lipinski definition) is 2. The minimum Gasteiger partial charge on any atom is -0.401 e. The zero-order chi connectivity index (χ0) is 14.8. The molecule has 2 aromatic carbocycles. The van der Waals surface area contributed by atoms with Crippen LogP contribution in [0.25, 0.3) is 5.70 Å². The van der Waals surface area contributed by atoms with Gasteiger partial charge in [0, 0.05) is 23.5 Å². The number of hydrazine groups is 1. The zero-order valence-corrected chi connectivity index (χ0v) is 12.2. The number of rotatable bonds is 1. The average molecular weight is 280 g/mol. The van der Waals surface area contributed by atoms with E-state index in [9.17, 15) is 0 Å². The smallest absolute Gasteiger partial charge is 0.0795 e. The molecule has 0 saturated carbocycles. The summed E-state index contributed by atoms with van der Waals surface area (Å²) in [6.07, 6.45) is 0. The van der Waals surface area contributed by atoms with Crippen molar-refractivity contribution in [1.82, 2.24) is 5.01 Å². The molecule has 0 bridgehead atoms. The van der Waals surface area contributed by atoms with Gasteiger partial charge in [0.2, 0.25) is 0 Å². The first-order chi connectivity index (χ1) is 10.2. The van der Waals surface area contributed by atoms with E-state index in [4.69, 9.17) is 11.6 Å². The highest BCUT2D eigenvalue weighted by atomic mass is 15.4. The lowest BCUT2D eigenvalue weighted by molar-refractivity contribution is 0.428. The van der Waals surface area contributed by atoms with Gasteiger partial charge in [-0.1, -0.05) is 36.4 Å². The molecule has 1 aliphatic heterocycles. The van der Waals surface area contributed by atoms with E-state index in [1.54, 1.807) is 5.01 Å². The van der Waals surface area contributed by atoms with Crippen LogP contribution in [0.3, 0.4) is 0 Å². The van der Waals surface area contributed by atoms with Gasteiger partial charge in [0.15, 0.2) is 0 Å². The summed E-state index contributed by atoms with van der Waals surface area (Å²) >= 11 is 0. The topological polar surface area (TPSA) is 58.5 Å². The van der Waals surface area contributed by atoms with E-state index in [0.717, 1.165) is 34.9 Å². The third kappa shape index (κ3) is 2.45. The standard InChI is InChI=1S/C17H20N4/c1-13(18)17-15-9-5-6-10-16(15)20(11-12-21(17)19)14-7-3-2-4-8-14/h2-10H,11-12,18-19H2,1H3/b17-13-. The van der Waals surface area contributed by atoms with Crippen molar-refractivity contribution in [3.63, 3.8) is 0 Å². The van der Waals surface area contributed by atoms with Gasteiger partial charge in [0.05, 0.1) is 17.9 Å². The Kier molecular flexibility index (Phi) is 3.54. The third-order valence-electron chi connectivity index (χ3n) is 3.74. The first-order valence-corrected chi connectivity index (χ1v) is 7.09. The SMILES string of the molecule is C/C(N)=C1\c2ccccc2N(c2ccccc2)CCN1N. The molecule has 21 heavy (non-hydrogen) atoms. The summed E-state index contributed by atoms with van der Waals surface area (Å²) in [5.74, 6) is 6.20. The normalized spacial score (nSPS) is 17.2. The molecule has 4 nitrogen and oxygen atoms in total. The van der Waals surface area contributed by atoms with Crippen molar-refractivity contribution in [2.24, 2.45) is 11.6 Å². The Morgan fingerprint density at radius 2 is 1.62 bits per heavy atom. The fourth-order valence-corrected chi connectivity index (χ4v) is 2.82. The van der Waals surface area contributed by atoms with Crippen LogP contribution in [0.15, 0.2) is 60.3 Å². The van der Waals surface area contributed by atoms with Crippen LogP contribution in [0.5, 0.6) is 0 Å². The molecule has 0 spiro atoms. The molecule has 0 atom stereocenters. The summed E-state index contributed by atoms with van der Waals surface area (Å²) in [6.45, 7) is 3.42. The van der Waals surface area contributed by atoms with Gasteiger partial charge in [-0.15, -0.1) is 0 Å². The Labute approximate surface area is 125 Å². The molecular formula is C17H20N4. The van der Waals surface area contributed by atoms with Gasteiger partial charge < -0.3 is 15.6 Å². The lowest BCUT2D eigenvalue weighted by Gasteiger charge is -2.24. The van der Waals surface area contributed by atoms with Crippen molar-refractivity contribution in [3.8, 4) is 0 Å². The van der Waals surface area contributed by atoms with E-state index < -0.39 is 0 Å². The van der Waals surface area contributed by atoms with E-state index >= 15 is 0 Å². The van der Waals surface area contributed by atoms with Crippen LogP contribution < -0.4 is 16.5 Å². The predicted octanol–water partition coefficient (Wildman–Crippen LogP) is 2.66. The molecule has 0 radical (unpaired) electrons. The zero-order valence-electron chi connectivity index (χ0n) is 12.2. The van der Waals surface area contributed by atoms with Crippen LogP contribution in [0.1, 0.15) is 12.5 Å². The van der Waals surface area contributed by atoms with Crippen molar-refractivity contribution < 1.29 is 0 Å². The van der Waals surface area contributed by atoms with Crippen molar-refractivity contribution >= 4 is 17.1 Å². The number of nitrogens with zero attached hydrogens (tertiary/aromatic N) is 2. The number of fused-ring (bicyclic) bond motifs is 1. The Morgan fingerprint density at radius 3 is 2.33 bits per heavy atom. The summed E-state index contributed by atoms with van der Waals surface area (Å²) in [7, 11) is 0. The second-order valence-corrected chi connectivity index (χ2v) is 5.23. The molecule has 4 N–H and O–H groups in total. The first kappa shape index (κ1) is 13.5. The highest BCUT2D eigenvalue weighted by Crippen LogP contribution is 2.35. The minimum atomic E-state index is 0.716. The maximum atomic E-state index is 6.20. The maximum absolute atomic E-state index is 6.20. The highest BCUT2D eigenvalue weighted by molar-refractivity contribution is 5.81. The van der Waals surface area contributed by atoms with Gasteiger partial charge in [0.1, 0.15) is 0 Å². The van der Waals surface area contributed by atoms with E-state index in [1.165, 1.54) is 0 Å². The largest absolute Gasteiger partial charge is 0.401 e. The lowest BCUT2D eigenvalue weighted by Crippen LogP contribution is -2.34. The van der Waals surface area contributed by atoms with E-state index in [0.29, 0.717) is 6.54 Å². The fraction of sp³-hybridized carbons (Fsp3) is 0.176. The number of para-hydroxylation sites is 2. The van der Waals surface area contributed by atoms with Gasteiger partial charge in [0.25, 0.3) is 0 Å². The number of anilines is 2. The summed E-state index contributed by atoms with van der Waals surface area (Å²) < 4.78 is 0. The lowest BCUT2D eigenvalue weighted by atomic mass is 10.1. The first-order valence-electron chi connectivity index (χ1n) is 7.09. The molecule has 3 rings (SSSR count). The van der Waals surface area contributed by atoms with Gasteiger partial charge in [-0.25, -0.2) is 5.84 Å². The number of benzene rings is 2.